The molecule has 2 N–H and O–H groups in total. The van der Waals surface area contributed by atoms with Crippen molar-refractivity contribution in [2.45, 2.75) is 50.9 Å². The Bertz CT molecular complexity index is 1140. The van der Waals surface area contributed by atoms with Crippen LogP contribution in [-0.2, 0) is 29.1 Å². The number of aryl methyl sites for hydroxylation is 1. The second kappa shape index (κ2) is 11.7. The van der Waals surface area contributed by atoms with Crippen molar-refractivity contribution in [3.8, 4) is 0 Å². The average Bonchev–Trinajstić information content (AvgIpc) is 3.32. The largest absolute Gasteiger partial charge is 0.550 e. The summed E-state index contributed by atoms with van der Waals surface area (Å²) in [4.78, 5) is 25.5. The zero-order chi connectivity index (χ0) is 24.6. The van der Waals surface area contributed by atoms with E-state index in [1.165, 1.54) is 11.1 Å². The number of amides is 1. The highest BCUT2D eigenvalue weighted by Crippen LogP contribution is 2.21. The van der Waals surface area contributed by atoms with Gasteiger partial charge in [-0.2, -0.15) is 0 Å². The van der Waals surface area contributed by atoms with Crippen molar-refractivity contribution in [3.63, 3.8) is 0 Å². The van der Waals surface area contributed by atoms with Crippen molar-refractivity contribution in [2.24, 2.45) is 0 Å². The minimum atomic E-state index is -1.32. The zero-order valence-corrected chi connectivity index (χ0v) is 19.4. The molecule has 0 radical (unpaired) electrons. The number of carboxylic acid groups (broad SMARTS) is 1. The standard InChI is InChI=1S/C25H30N6O4/c32-21(15-23(34)35)16-26-24(19-8-2-1-3-9-19)25-27-28-29-31(25)13-6-11-22(33)30-14-12-18-7-4-5-10-20(18)17-30/h1-5,7-10,21,24,26,32H,6,11-17H2,(H,34,35)/p-1/t21?,24-/m1/s1. The molecule has 184 valence electrons. The summed E-state index contributed by atoms with van der Waals surface area (Å²) in [6, 6.07) is 17.2. The first kappa shape index (κ1) is 24.5. The molecule has 2 atom stereocenters. The number of hydrogen-bond donors (Lipinski definition) is 2. The fraction of sp³-hybridized carbons (Fsp3) is 0.400. The van der Waals surface area contributed by atoms with Gasteiger partial charge in [-0.05, 0) is 40.0 Å². The van der Waals surface area contributed by atoms with Gasteiger partial charge in [0.1, 0.15) is 0 Å². The first-order valence-electron chi connectivity index (χ1n) is 11.8. The molecule has 2 aromatic carbocycles. The van der Waals surface area contributed by atoms with Crippen molar-refractivity contribution < 1.29 is 19.8 Å². The summed E-state index contributed by atoms with van der Waals surface area (Å²) in [5, 5.41) is 36.0. The Morgan fingerprint density at radius 3 is 2.60 bits per heavy atom. The Kier molecular flexibility index (Phi) is 8.17. The van der Waals surface area contributed by atoms with Crippen molar-refractivity contribution in [2.75, 3.05) is 13.1 Å². The first-order chi connectivity index (χ1) is 17.0. The van der Waals surface area contributed by atoms with E-state index >= 15 is 0 Å². The van der Waals surface area contributed by atoms with Crippen LogP contribution in [0.15, 0.2) is 54.6 Å². The monoisotopic (exact) mass is 477 g/mol. The van der Waals surface area contributed by atoms with Crippen molar-refractivity contribution in [3.05, 3.63) is 77.1 Å². The molecular weight excluding hydrogens is 448 g/mol. The fourth-order valence-corrected chi connectivity index (χ4v) is 4.35. The number of rotatable bonds is 11. The third-order valence-electron chi connectivity index (χ3n) is 6.15. The highest BCUT2D eigenvalue weighted by molar-refractivity contribution is 5.76. The molecule has 35 heavy (non-hydrogen) atoms. The van der Waals surface area contributed by atoms with E-state index in [1.54, 1.807) is 4.68 Å². The topological polar surface area (TPSA) is 136 Å². The number of aliphatic hydroxyl groups excluding tert-OH is 1. The quantitative estimate of drug-likeness (QED) is 0.400. The molecule has 0 saturated carbocycles. The van der Waals surface area contributed by atoms with Crippen LogP contribution in [0.5, 0.6) is 0 Å². The van der Waals surface area contributed by atoms with Crippen molar-refractivity contribution >= 4 is 11.9 Å². The molecule has 1 aromatic heterocycles. The highest BCUT2D eigenvalue weighted by atomic mass is 16.4. The van der Waals surface area contributed by atoms with Crippen LogP contribution in [0.1, 0.15) is 47.8 Å². The molecule has 10 heteroatoms. The van der Waals surface area contributed by atoms with E-state index in [0.29, 0.717) is 31.8 Å². The lowest BCUT2D eigenvalue weighted by molar-refractivity contribution is -0.307. The van der Waals surface area contributed by atoms with Crippen LogP contribution in [0.3, 0.4) is 0 Å². The lowest BCUT2D eigenvalue weighted by atomic mass is 9.99. The zero-order valence-electron chi connectivity index (χ0n) is 19.4. The number of nitrogens with one attached hydrogen (secondary N) is 1. The third-order valence-corrected chi connectivity index (χ3v) is 6.15. The summed E-state index contributed by atoms with van der Waals surface area (Å²) >= 11 is 0. The van der Waals surface area contributed by atoms with Crippen LogP contribution in [-0.4, -0.2) is 61.3 Å². The Morgan fingerprint density at radius 1 is 1.09 bits per heavy atom. The van der Waals surface area contributed by atoms with Gasteiger partial charge in [0.05, 0.1) is 12.1 Å². The molecule has 1 aliphatic rings. The molecule has 1 amide bonds. The summed E-state index contributed by atoms with van der Waals surface area (Å²) in [5.41, 5.74) is 3.37. The third kappa shape index (κ3) is 6.49. The SMILES string of the molecule is O=C([O-])CC(O)CN[C@H](c1ccccc1)c1nnnn1CCCC(=O)N1CCc2ccccc2C1. The van der Waals surface area contributed by atoms with E-state index in [2.05, 4.69) is 33.0 Å². The van der Waals surface area contributed by atoms with Crippen LogP contribution < -0.4 is 10.4 Å². The minimum Gasteiger partial charge on any atom is -0.550 e. The maximum absolute atomic E-state index is 12.8. The molecule has 0 bridgehead atoms. The minimum absolute atomic E-state index is 0.0231. The number of aromatic nitrogens is 4. The van der Waals surface area contributed by atoms with Crippen LogP contribution in [0, 0.1) is 0 Å². The maximum atomic E-state index is 12.8. The molecule has 2 heterocycles. The number of tetrazole rings is 1. The van der Waals surface area contributed by atoms with Gasteiger partial charge >= 0.3 is 0 Å². The van der Waals surface area contributed by atoms with E-state index < -0.39 is 24.5 Å². The van der Waals surface area contributed by atoms with E-state index in [0.717, 1.165) is 18.5 Å². The second-order valence-corrected chi connectivity index (χ2v) is 8.68. The van der Waals surface area contributed by atoms with Gasteiger partial charge in [-0.3, -0.25) is 4.79 Å². The predicted molar refractivity (Wildman–Crippen MR) is 125 cm³/mol. The van der Waals surface area contributed by atoms with Crippen LogP contribution in [0.2, 0.25) is 0 Å². The van der Waals surface area contributed by atoms with Crippen LogP contribution >= 0.6 is 0 Å². The number of carbonyl (C=O) groups excluding carboxylic acids is 2. The van der Waals surface area contributed by atoms with Crippen molar-refractivity contribution in [1.29, 1.82) is 0 Å². The van der Waals surface area contributed by atoms with Gasteiger partial charge in [0.25, 0.3) is 0 Å². The van der Waals surface area contributed by atoms with Gasteiger partial charge in [-0.15, -0.1) is 5.10 Å². The van der Waals surface area contributed by atoms with Gasteiger partial charge in [0.2, 0.25) is 5.91 Å². The number of aliphatic hydroxyl groups is 1. The Morgan fingerprint density at radius 2 is 1.83 bits per heavy atom. The molecule has 4 rings (SSSR count). The molecule has 3 aromatic rings. The average molecular weight is 478 g/mol. The number of nitrogens with zero attached hydrogens (tertiary/aromatic N) is 5. The first-order valence-corrected chi connectivity index (χ1v) is 11.8. The number of carbonyl (C=O) groups is 2. The molecule has 0 spiro atoms. The Hall–Kier alpha value is -3.63. The summed E-state index contributed by atoms with van der Waals surface area (Å²) < 4.78 is 1.65. The van der Waals surface area contributed by atoms with Crippen LogP contribution in [0.25, 0.3) is 0 Å². The van der Waals surface area contributed by atoms with Crippen molar-refractivity contribution in [1.82, 2.24) is 30.4 Å². The summed E-state index contributed by atoms with van der Waals surface area (Å²) in [6.07, 6.45) is 0.248. The molecule has 0 fully saturated rings. The molecular formula is C25H29N6O4-. The number of hydrogen-bond acceptors (Lipinski definition) is 8. The second-order valence-electron chi connectivity index (χ2n) is 8.68. The predicted octanol–water partition coefficient (Wildman–Crippen LogP) is 0.218. The molecule has 0 saturated heterocycles. The van der Waals surface area contributed by atoms with E-state index in [4.69, 9.17) is 0 Å². The number of aliphatic carboxylic acids is 1. The normalized spacial score (nSPS) is 14.8. The molecule has 0 aliphatic carbocycles. The Balaban J connectivity index is 1.37. The summed E-state index contributed by atoms with van der Waals surface area (Å²) in [7, 11) is 0. The van der Waals surface area contributed by atoms with E-state index in [1.807, 2.05) is 47.4 Å². The van der Waals surface area contributed by atoms with E-state index in [-0.39, 0.29) is 12.5 Å². The van der Waals surface area contributed by atoms with Crippen LogP contribution in [0.4, 0.5) is 0 Å². The number of fused-ring (bicyclic) bond motifs is 1. The van der Waals surface area contributed by atoms with Gasteiger partial charge in [0, 0.05) is 45.0 Å². The summed E-state index contributed by atoms with van der Waals surface area (Å²) in [6.45, 7) is 1.83. The molecule has 10 nitrogen and oxygen atoms in total. The fourth-order valence-electron chi connectivity index (χ4n) is 4.35. The van der Waals surface area contributed by atoms with E-state index in [9.17, 15) is 19.8 Å². The molecule has 1 unspecified atom stereocenters. The lowest BCUT2D eigenvalue weighted by Crippen LogP contribution is -2.36. The maximum Gasteiger partial charge on any atom is 0.222 e. The van der Waals surface area contributed by atoms with Gasteiger partial charge in [-0.25, -0.2) is 4.68 Å². The lowest BCUT2D eigenvalue weighted by Gasteiger charge is -2.29. The van der Waals surface area contributed by atoms with Gasteiger partial charge in [-0.1, -0.05) is 54.6 Å². The smallest absolute Gasteiger partial charge is 0.222 e. The highest BCUT2D eigenvalue weighted by Gasteiger charge is 2.23. The number of carboxylic acids is 1. The number of benzene rings is 2. The van der Waals surface area contributed by atoms with Gasteiger partial charge < -0.3 is 25.2 Å². The van der Waals surface area contributed by atoms with Gasteiger partial charge in [0.15, 0.2) is 5.82 Å². The Labute approximate surface area is 203 Å². The molecule has 1 aliphatic heterocycles. The summed E-state index contributed by atoms with van der Waals surface area (Å²) in [5.74, 6) is -0.685.